The van der Waals surface area contributed by atoms with Gasteiger partial charge in [0, 0.05) is 17.8 Å². The molecular formula is C22H21N5O. The molecule has 0 aliphatic heterocycles. The molecule has 0 amide bonds. The maximum absolute atomic E-state index is 5.85. The first-order valence-corrected chi connectivity index (χ1v) is 9.15. The number of ether oxygens (including phenoxy) is 1. The van der Waals surface area contributed by atoms with E-state index in [-0.39, 0.29) is 6.10 Å². The molecular weight excluding hydrogens is 350 g/mol. The highest BCUT2D eigenvalue weighted by Crippen LogP contribution is 2.28. The molecule has 0 aliphatic carbocycles. The van der Waals surface area contributed by atoms with Crippen LogP contribution in [-0.2, 0) is 0 Å². The Morgan fingerprint density at radius 3 is 2.50 bits per heavy atom. The van der Waals surface area contributed by atoms with Crippen LogP contribution in [0, 0.1) is 0 Å². The number of hydrogen-bond donors (Lipinski definition) is 2. The lowest BCUT2D eigenvalue weighted by atomic mass is 10.2. The first-order valence-electron chi connectivity index (χ1n) is 9.15. The Hall–Kier alpha value is -3.67. The summed E-state index contributed by atoms with van der Waals surface area (Å²) in [7, 11) is 0. The highest BCUT2D eigenvalue weighted by atomic mass is 16.5. The second-order valence-corrected chi connectivity index (χ2v) is 6.56. The van der Waals surface area contributed by atoms with Crippen LogP contribution in [0.4, 0.5) is 23.1 Å². The Labute approximate surface area is 163 Å². The summed E-state index contributed by atoms with van der Waals surface area (Å²) in [5.74, 6) is 1.92. The number of benzene rings is 2. The second kappa shape index (κ2) is 7.92. The van der Waals surface area contributed by atoms with E-state index in [9.17, 15) is 0 Å². The van der Waals surface area contributed by atoms with E-state index in [4.69, 9.17) is 4.74 Å². The van der Waals surface area contributed by atoms with Gasteiger partial charge in [-0.1, -0.05) is 30.3 Å². The van der Waals surface area contributed by atoms with Gasteiger partial charge in [0.15, 0.2) is 0 Å². The van der Waals surface area contributed by atoms with Crippen molar-refractivity contribution >= 4 is 34.0 Å². The zero-order chi connectivity index (χ0) is 19.3. The fourth-order valence-electron chi connectivity index (χ4n) is 2.88. The lowest BCUT2D eigenvalue weighted by molar-refractivity contribution is 0.244. The van der Waals surface area contributed by atoms with Gasteiger partial charge in [-0.3, -0.25) is 4.98 Å². The van der Waals surface area contributed by atoms with Gasteiger partial charge in [0.25, 0.3) is 0 Å². The zero-order valence-electron chi connectivity index (χ0n) is 15.8. The average molecular weight is 371 g/mol. The quantitative estimate of drug-likeness (QED) is 0.479. The van der Waals surface area contributed by atoms with Crippen LogP contribution in [0.1, 0.15) is 13.8 Å². The highest BCUT2D eigenvalue weighted by molar-refractivity contribution is 5.91. The van der Waals surface area contributed by atoms with E-state index in [1.165, 1.54) is 0 Å². The lowest BCUT2D eigenvalue weighted by Crippen LogP contribution is -2.08. The van der Waals surface area contributed by atoms with Crippen LogP contribution in [0.2, 0.25) is 0 Å². The van der Waals surface area contributed by atoms with E-state index in [1.54, 1.807) is 12.4 Å². The predicted molar refractivity (Wildman–Crippen MR) is 113 cm³/mol. The summed E-state index contributed by atoms with van der Waals surface area (Å²) in [6, 6.07) is 19.5. The normalized spacial score (nSPS) is 10.8. The Morgan fingerprint density at radius 1 is 0.786 bits per heavy atom. The number of para-hydroxylation sites is 3. The summed E-state index contributed by atoms with van der Waals surface area (Å²) < 4.78 is 5.85. The van der Waals surface area contributed by atoms with Crippen LogP contribution in [-0.4, -0.2) is 21.1 Å². The molecule has 0 saturated heterocycles. The third kappa shape index (κ3) is 4.01. The zero-order valence-corrected chi connectivity index (χ0v) is 15.8. The fraction of sp³-hybridized carbons (Fsp3) is 0.136. The first kappa shape index (κ1) is 17.7. The first-order chi connectivity index (χ1) is 13.7. The van der Waals surface area contributed by atoms with E-state index >= 15 is 0 Å². The predicted octanol–water partition coefficient (Wildman–Crippen LogP) is 5.30. The van der Waals surface area contributed by atoms with Gasteiger partial charge in [-0.05, 0) is 44.2 Å². The molecule has 0 saturated carbocycles. The van der Waals surface area contributed by atoms with E-state index in [0.29, 0.717) is 11.8 Å². The Morgan fingerprint density at radius 2 is 1.61 bits per heavy atom. The monoisotopic (exact) mass is 371 g/mol. The fourth-order valence-corrected chi connectivity index (χ4v) is 2.88. The third-order valence-corrected chi connectivity index (χ3v) is 4.05. The summed E-state index contributed by atoms with van der Waals surface area (Å²) in [6.45, 7) is 3.99. The minimum absolute atomic E-state index is 0.0794. The van der Waals surface area contributed by atoms with Crippen LogP contribution >= 0.6 is 0 Å². The van der Waals surface area contributed by atoms with Gasteiger partial charge >= 0.3 is 0 Å². The minimum Gasteiger partial charge on any atom is -0.489 e. The number of pyridine rings is 1. The van der Waals surface area contributed by atoms with E-state index in [0.717, 1.165) is 28.0 Å². The molecule has 0 spiro atoms. The van der Waals surface area contributed by atoms with Gasteiger partial charge in [0.05, 0.1) is 23.0 Å². The van der Waals surface area contributed by atoms with E-state index < -0.39 is 0 Å². The van der Waals surface area contributed by atoms with E-state index in [1.807, 2.05) is 74.5 Å². The Balaban J connectivity index is 1.59. The van der Waals surface area contributed by atoms with E-state index in [2.05, 4.69) is 25.6 Å². The molecule has 0 unspecified atom stereocenters. The number of hydrogen-bond acceptors (Lipinski definition) is 6. The standard InChI is InChI=1S/C22H21N5O/c1-15(2)28-19-11-4-3-9-17(19)26-22-24-14-12-20(27-22)25-18-10-5-7-16-8-6-13-23-21(16)18/h3-15H,1-2H3,(H2,24,25,26,27). The van der Waals surface area contributed by atoms with Crippen LogP contribution < -0.4 is 15.4 Å². The molecule has 6 nitrogen and oxygen atoms in total. The number of aromatic nitrogens is 3. The van der Waals surface area contributed by atoms with Crippen LogP contribution in [0.15, 0.2) is 73.1 Å². The number of fused-ring (bicyclic) bond motifs is 1. The smallest absolute Gasteiger partial charge is 0.229 e. The molecule has 6 heteroatoms. The molecule has 2 heterocycles. The summed E-state index contributed by atoms with van der Waals surface area (Å²) in [4.78, 5) is 13.4. The van der Waals surface area contributed by atoms with Crippen molar-refractivity contribution in [1.82, 2.24) is 15.0 Å². The molecule has 140 valence electrons. The van der Waals surface area contributed by atoms with Gasteiger partial charge in [0.2, 0.25) is 5.95 Å². The van der Waals surface area contributed by atoms with Crippen molar-refractivity contribution in [3.05, 3.63) is 73.1 Å². The molecule has 28 heavy (non-hydrogen) atoms. The van der Waals surface area contributed by atoms with Crippen molar-refractivity contribution in [3.63, 3.8) is 0 Å². The number of rotatable bonds is 6. The molecule has 4 rings (SSSR count). The number of nitrogens with zero attached hydrogens (tertiary/aromatic N) is 3. The van der Waals surface area contributed by atoms with Crippen molar-refractivity contribution in [1.29, 1.82) is 0 Å². The lowest BCUT2D eigenvalue weighted by Gasteiger charge is -2.15. The SMILES string of the molecule is CC(C)Oc1ccccc1Nc1nccc(Nc2cccc3cccnc23)n1. The van der Waals surface area contributed by atoms with Crippen molar-refractivity contribution in [2.75, 3.05) is 10.6 Å². The van der Waals surface area contributed by atoms with Crippen LogP contribution in [0.3, 0.4) is 0 Å². The van der Waals surface area contributed by atoms with Crippen molar-refractivity contribution in [2.24, 2.45) is 0 Å². The molecule has 2 aromatic heterocycles. The summed E-state index contributed by atoms with van der Waals surface area (Å²) in [6.07, 6.45) is 3.57. The number of nitrogens with one attached hydrogen (secondary N) is 2. The molecule has 2 aromatic carbocycles. The average Bonchev–Trinajstić information content (AvgIpc) is 2.70. The van der Waals surface area contributed by atoms with Gasteiger partial charge in [0.1, 0.15) is 11.6 Å². The maximum Gasteiger partial charge on any atom is 0.229 e. The van der Waals surface area contributed by atoms with Crippen LogP contribution in [0.5, 0.6) is 5.75 Å². The summed E-state index contributed by atoms with van der Waals surface area (Å²) >= 11 is 0. The third-order valence-electron chi connectivity index (χ3n) is 4.05. The topological polar surface area (TPSA) is 72.0 Å². The molecule has 2 N–H and O–H groups in total. The van der Waals surface area contributed by atoms with Crippen molar-refractivity contribution in [3.8, 4) is 5.75 Å². The molecule has 0 atom stereocenters. The minimum atomic E-state index is 0.0794. The Bertz CT molecular complexity index is 1090. The van der Waals surface area contributed by atoms with Gasteiger partial charge in [-0.15, -0.1) is 0 Å². The molecule has 0 fully saturated rings. The summed E-state index contributed by atoms with van der Waals surface area (Å²) in [5.41, 5.74) is 2.61. The van der Waals surface area contributed by atoms with Gasteiger partial charge in [-0.25, -0.2) is 4.98 Å². The van der Waals surface area contributed by atoms with Crippen molar-refractivity contribution in [2.45, 2.75) is 20.0 Å². The molecule has 4 aromatic rings. The van der Waals surface area contributed by atoms with Gasteiger partial charge in [-0.2, -0.15) is 4.98 Å². The van der Waals surface area contributed by atoms with Crippen LogP contribution in [0.25, 0.3) is 10.9 Å². The Kier molecular flexibility index (Phi) is 5.01. The molecule has 0 bridgehead atoms. The second-order valence-electron chi connectivity index (χ2n) is 6.56. The molecule has 0 aliphatic rings. The van der Waals surface area contributed by atoms with Gasteiger partial charge < -0.3 is 15.4 Å². The largest absolute Gasteiger partial charge is 0.489 e. The van der Waals surface area contributed by atoms with Crippen molar-refractivity contribution < 1.29 is 4.74 Å². The number of anilines is 4. The maximum atomic E-state index is 5.85. The summed E-state index contributed by atoms with van der Waals surface area (Å²) in [5, 5.41) is 7.64. The molecule has 0 radical (unpaired) electrons. The highest BCUT2D eigenvalue weighted by Gasteiger charge is 2.08.